The molecule has 2 N–H and O–H groups in total. The second kappa shape index (κ2) is 8.12. The van der Waals surface area contributed by atoms with Gasteiger partial charge in [0.1, 0.15) is 11.9 Å². The molecule has 0 saturated heterocycles. The first-order chi connectivity index (χ1) is 14.3. The highest BCUT2D eigenvalue weighted by Crippen LogP contribution is 2.61. The van der Waals surface area contributed by atoms with E-state index in [0.717, 1.165) is 6.42 Å². The molecule has 1 aliphatic carbocycles. The van der Waals surface area contributed by atoms with E-state index in [1.165, 1.54) is 7.11 Å². The molecule has 31 heavy (non-hydrogen) atoms. The molecule has 0 amide bonds. The number of ether oxygens (including phenoxy) is 2. The first-order valence-electron chi connectivity index (χ1n) is 9.85. The summed E-state index contributed by atoms with van der Waals surface area (Å²) in [5, 5.41) is 0. The van der Waals surface area contributed by atoms with Crippen molar-refractivity contribution in [3.05, 3.63) is 12.5 Å². The van der Waals surface area contributed by atoms with Crippen LogP contribution in [-0.2, 0) is 34.4 Å². The van der Waals surface area contributed by atoms with Gasteiger partial charge in [0.15, 0.2) is 5.65 Å². The first kappa shape index (κ1) is 23.6. The van der Waals surface area contributed by atoms with Crippen molar-refractivity contribution in [1.82, 2.24) is 19.5 Å². The third-order valence-electron chi connectivity index (χ3n) is 5.47. The lowest BCUT2D eigenvalue weighted by molar-refractivity contribution is -0.160. The largest absolute Gasteiger partial charge is 0.438 e. The Morgan fingerprint density at radius 2 is 2.00 bits per heavy atom. The Kier molecular flexibility index (Phi) is 6.18. The van der Waals surface area contributed by atoms with Gasteiger partial charge < -0.3 is 24.3 Å². The molecular weight excluding hydrogens is 425 g/mol. The highest BCUT2D eigenvalue weighted by atomic mass is 31.2. The Bertz CT molecular complexity index is 1020. The zero-order valence-electron chi connectivity index (χ0n) is 18.7. The van der Waals surface area contributed by atoms with Crippen LogP contribution in [0, 0.1) is 10.8 Å². The van der Waals surface area contributed by atoms with Crippen molar-refractivity contribution in [1.29, 1.82) is 0 Å². The van der Waals surface area contributed by atoms with Crippen LogP contribution in [0.25, 0.3) is 11.2 Å². The molecule has 0 aromatic carbocycles. The number of esters is 1. The third kappa shape index (κ3) is 5.06. The lowest BCUT2D eigenvalue weighted by Gasteiger charge is -2.25. The second-order valence-corrected chi connectivity index (χ2v) is 11.5. The summed E-state index contributed by atoms with van der Waals surface area (Å²) in [4.78, 5) is 24.4. The van der Waals surface area contributed by atoms with E-state index < -0.39 is 31.4 Å². The van der Waals surface area contributed by atoms with E-state index in [-0.39, 0.29) is 17.7 Å². The van der Waals surface area contributed by atoms with Gasteiger partial charge in [0.05, 0.1) is 30.1 Å². The minimum Gasteiger partial charge on any atom is -0.438 e. The molecule has 2 aromatic heterocycles. The van der Waals surface area contributed by atoms with Crippen LogP contribution in [0.1, 0.15) is 41.0 Å². The molecule has 0 radical (unpaired) electrons. The Balaban J connectivity index is 1.67. The van der Waals surface area contributed by atoms with Crippen LogP contribution < -0.4 is 5.73 Å². The van der Waals surface area contributed by atoms with Crippen molar-refractivity contribution in [3.63, 3.8) is 0 Å². The number of fused-ring (bicyclic) bond motifs is 1. The zero-order chi connectivity index (χ0) is 23.1. The molecule has 0 aliphatic heterocycles. The third-order valence-corrected chi connectivity index (χ3v) is 6.97. The summed E-state index contributed by atoms with van der Waals surface area (Å²) >= 11 is 0. The summed E-state index contributed by atoms with van der Waals surface area (Å²) in [5.41, 5.74) is 5.43. The molecule has 172 valence electrons. The summed E-state index contributed by atoms with van der Waals surface area (Å²) in [6.45, 7) is 9.19. The summed E-state index contributed by atoms with van der Waals surface area (Å²) in [7, 11) is -2.37. The van der Waals surface area contributed by atoms with Gasteiger partial charge in [-0.05, 0) is 32.6 Å². The monoisotopic (exact) mass is 455 g/mol. The van der Waals surface area contributed by atoms with E-state index in [0.29, 0.717) is 17.7 Å². The lowest BCUT2D eigenvalue weighted by Crippen LogP contribution is -2.28. The Labute approximate surface area is 181 Å². The highest BCUT2D eigenvalue weighted by molar-refractivity contribution is 7.53. The van der Waals surface area contributed by atoms with Gasteiger partial charge >= 0.3 is 13.6 Å². The first-order valence-corrected chi connectivity index (χ1v) is 11.6. The molecule has 0 spiro atoms. The number of imidazole rings is 1. The maximum Gasteiger partial charge on any atom is 0.358 e. The number of nitrogens with zero attached hydrogens (tertiary/aromatic N) is 4. The Morgan fingerprint density at radius 1 is 1.32 bits per heavy atom. The van der Waals surface area contributed by atoms with Crippen LogP contribution >= 0.6 is 7.60 Å². The van der Waals surface area contributed by atoms with Crippen molar-refractivity contribution in [3.8, 4) is 0 Å². The molecule has 1 aliphatic rings. The van der Waals surface area contributed by atoms with Crippen LogP contribution in [0.3, 0.4) is 0 Å². The van der Waals surface area contributed by atoms with Crippen molar-refractivity contribution in [2.75, 3.05) is 26.0 Å². The van der Waals surface area contributed by atoms with Crippen LogP contribution in [-0.4, -0.2) is 51.3 Å². The van der Waals surface area contributed by atoms with E-state index >= 15 is 0 Å². The number of rotatable bonds is 9. The van der Waals surface area contributed by atoms with Crippen molar-refractivity contribution in [2.24, 2.45) is 10.8 Å². The van der Waals surface area contributed by atoms with Gasteiger partial charge in [0.2, 0.25) is 12.7 Å². The molecule has 3 rings (SSSR count). The average Bonchev–Trinajstić information content (AvgIpc) is 3.01. The maximum absolute atomic E-state index is 12.9. The number of hydrogen-bond donors (Lipinski definition) is 1. The van der Waals surface area contributed by atoms with E-state index in [2.05, 4.69) is 28.8 Å². The quantitative estimate of drug-likeness (QED) is 0.341. The summed E-state index contributed by atoms with van der Waals surface area (Å²) in [6, 6.07) is 0. The van der Waals surface area contributed by atoms with Crippen LogP contribution in [0.5, 0.6) is 0 Å². The molecule has 12 heteroatoms. The second-order valence-electron chi connectivity index (χ2n) is 9.36. The normalized spacial score (nSPS) is 22.3. The Morgan fingerprint density at radius 3 is 2.58 bits per heavy atom. The zero-order valence-corrected chi connectivity index (χ0v) is 19.6. The van der Waals surface area contributed by atoms with E-state index in [1.807, 2.05) is 4.57 Å². The van der Waals surface area contributed by atoms with Crippen LogP contribution in [0.4, 0.5) is 5.95 Å². The summed E-state index contributed by atoms with van der Waals surface area (Å²) < 4.78 is 36.3. The van der Waals surface area contributed by atoms with Crippen LogP contribution in [0.2, 0.25) is 0 Å². The molecule has 2 unspecified atom stereocenters. The van der Waals surface area contributed by atoms with E-state index in [9.17, 15) is 9.36 Å². The number of nitrogen functional groups attached to an aromatic ring is 1. The molecule has 0 bridgehead atoms. The summed E-state index contributed by atoms with van der Waals surface area (Å²) in [6.07, 6.45) is 3.65. The van der Waals surface area contributed by atoms with Gasteiger partial charge in [-0.2, -0.15) is 4.98 Å². The topological polar surface area (TPSA) is 141 Å². The number of hydrogen-bond acceptors (Lipinski definition) is 10. The number of carbonyl (C=O) groups is 1. The fourth-order valence-electron chi connectivity index (χ4n) is 3.21. The molecule has 1 saturated carbocycles. The molecule has 11 nitrogen and oxygen atoms in total. The predicted molar refractivity (Wildman–Crippen MR) is 113 cm³/mol. The van der Waals surface area contributed by atoms with E-state index in [4.69, 9.17) is 24.3 Å². The molecule has 2 heterocycles. The number of carbonyl (C=O) groups excluding carboxylic acids is 1. The minimum absolute atomic E-state index is 0.154. The predicted octanol–water partition coefficient (Wildman–Crippen LogP) is 2.95. The lowest BCUT2D eigenvalue weighted by atomic mass is 9.98. The SMILES string of the molecule is COP(=O)(COC1(Cn2cnc3cnc(N)nc32)CC1(C)C)OCOC(=O)C(C)(C)C. The number of nitrogens with two attached hydrogens (primary N) is 1. The number of aromatic nitrogens is 4. The standard InChI is InChI=1S/C19H30N5O6P/c1-17(2,3)15(25)28-11-30-31(26,27-6)12-29-19(8-18(19,4)5)9-24-10-22-13-7-21-16(20)23-14(13)24/h7,10H,8-9,11-12H2,1-6H3,(H2,20,21,23). The highest BCUT2D eigenvalue weighted by Gasteiger charge is 2.63. The van der Waals surface area contributed by atoms with Gasteiger partial charge in [0, 0.05) is 7.11 Å². The van der Waals surface area contributed by atoms with Crippen molar-refractivity contribution < 1.29 is 27.9 Å². The number of anilines is 1. The van der Waals surface area contributed by atoms with Crippen molar-refractivity contribution >= 4 is 30.7 Å². The van der Waals surface area contributed by atoms with Gasteiger partial charge in [-0.25, -0.2) is 9.97 Å². The van der Waals surface area contributed by atoms with E-state index in [1.54, 1.807) is 33.3 Å². The minimum atomic E-state index is -3.64. The molecular formula is C19H30N5O6P. The van der Waals surface area contributed by atoms with Gasteiger partial charge in [0.25, 0.3) is 0 Å². The fraction of sp³-hybridized carbons (Fsp3) is 0.684. The average molecular weight is 455 g/mol. The molecule has 2 atom stereocenters. The van der Waals surface area contributed by atoms with Gasteiger partial charge in [-0.3, -0.25) is 13.9 Å². The summed E-state index contributed by atoms with van der Waals surface area (Å²) in [5.74, 6) is -0.314. The van der Waals surface area contributed by atoms with Crippen LogP contribution in [0.15, 0.2) is 12.5 Å². The Hall–Kier alpha value is -2.07. The van der Waals surface area contributed by atoms with Gasteiger partial charge in [-0.15, -0.1) is 0 Å². The maximum atomic E-state index is 12.9. The smallest absolute Gasteiger partial charge is 0.358 e. The molecule has 2 aromatic rings. The van der Waals surface area contributed by atoms with Crippen molar-refractivity contribution in [2.45, 2.75) is 53.2 Å². The fourth-order valence-corrected chi connectivity index (χ4v) is 4.12. The molecule has 1 fully saturated rings. The van der Waals surface area contributed by atoms with Gasteiger partial charge in [-0.1, -0.05) is 13.8 Å².